The molecule has 0 spiro atoms. The number of hydrogen-bond acceptors (Lipinski definition) is 3. The zero-order valence-corrected chi connectivity index (χ0v) is 13.1. The number of imidazole rings is 1. The van der Waals surface area contributed by atoms with Crippen molar-refractivity contribution in [3.63, 3.8) is 0 Å². The SMILES string of the molecule is CCCC(CCC)c1nc2c(S(C)(=O)=O)cccc2[nH]1. The lowest BCUT2D eigenvalue weighted by atomic mass is 9.98. The summed E-state index contributed by atoms with van der Waals surface area (Å²) in [5, 5.41) is 0. The summed E-state index contributed by atoms with van der Waals surface area (Å²) in [6, 6.07) is 5.27. The second-order valence-electron chi connectivity index (χ2n) is 5.32. The van der Waals surface area contributed by atoms with Crippen molar-refractivity contribution in [2.24, 2.45) is 0 Å². The fourth-order valence-electron chi connectivity index (χ4n) is 2.63. The number of para-hydroxylation sites is 1. The minimum Gasteiger partial charge on any atom is -0.342 e. The van der Waals surface area contributed by atoms with Crippen LogP contribution in [0.2, 0.25) is 0 Å². The smallest absolute Gasteiger partial charge is 0.177 e. The zero-order valence-electron chi connectivity index (χ0n) is 12.3. The van der Waals surface area contributed by atoms with Crippen LogP contribution in [-0.2, 0) is 9.84 Å². The Morgan fingerprint density at radius 1 is 1.20 bits per heavy atom. The molecule has 110 valence electrons. The van der Waals surface area contributed by atoms with Crippen LogP contribution in [0, 0.1) is 0 Å². The van der Waals surface area contributed by atoms with E-state index in [0.29, 0.717) is 16.3 Å². The molecule has 0 radical (unpaired) electrons. The number of aromatic nitrogens is 2. The van der Waals surface area contributed by atoms with E-state index >= 15 is 0 Å². The van der Waals surface area contributed by atoms with Gasteiger partial charge in [0.25, 0.3) is 0 Å². The first-order chi connectivity index (χ1) is 9.47. The highest BCUT2D eigenvalue weighted by molar-refractivity contribution is 7.91. The van der Waals surface area contributed by atoms with Crippen LogP contribution in [-0.4, -0.2) is 24.6 Å². The molecule has 0 bridgehead atoms. The van der Waals surface area contributed by atoms with E-state index in [4.69, 9.17) is 0 Å². The fraction of sp³-hybridized carbons (Fsp3) is 0.533. The van der Waals surface area contributed by atoms with Crippen molar-refractivity contribution in [1.82, 2.24) is 9.97 Å². The highest BCUT2D eigenvalue weighted by Crippen LogP contribution is 2.28. The predicted octanol–water partition coefficient (Wildman–Crippen LogP) is 3.65. The highest BCUT2D eigenvalue weighted by atomic mass is 32.2. The summed E-state index contributed by atoms with van der Waals surface area (Å²) in [6.45, 7) is 4.32. The number of H-pyrrole nitrogens is 1. The lowest BCUT2D eigenvalue weighted by Crippen LogP contribution is -2.01. The Balaban J connectivity index is 2.53. The third kappa shape index (κ3) is 3.03. The van der Waals surface area contributed by atoms with Crippen molar-refractivity contribution in [1.29, 1.82) is 0 Å². The molecule has 1 aromatic carbocycles. The molecule has 5 heteroatoms. The number of benzene rings is 1. The lowest BCUT2D eigenvalue weighted by Gasteiger charge is -2.11. The number of fused-ring (bicyclic) bond motifs is 1. The number of nitrogens with zero attached hydrogens (tertiary/aromatic N) is 1. The Morgan fingerprint density at radius 3 is 2.40 bits per heavy atom. The topological polar surface area (TPSA) is 62.8 Å². The maximum Gasteiger partial charge on any atom is 0.177 e. The van der Waals surface area contributed by atoms with Crippen LogP contribution in [0.1, 0.15) is 51.3 Å². The summed E-state index contributed by atoms with van der Waals surface area (Å²) < 4.78 is 23.6. The van der Waals surface area contributed by atoms with Gasteiger partial charge in [-0.15, -0.1) is 0 Å². The van der Waals surface area contributed by atoms with E-state index in [1.165, 1.54) is 6.26 Å². The second-order valence-corrected chi connectivity index (χ2v) is 7.30. The summed E-state index contributed by atoms with van der Waals surface area (Å²) in [6.07, 6.45) is 5.57. The number of nitrogens with one attached hydrogen (secondary N) is 1. The molecule has 0 atom stereocenters. The van der Waals surface area contributed by atoms with Gasteiger partial charge in [0, 0.05) is 12.2 Å². The Bertz CT molecular complexity index is 683. The molecule has 4 nitrogen and oxygen atoms in total. The summed E-state index contributed by atoms with van der Waals surface area (Å²) in [5.74, 6) is 1.30. The van der Waals surface area contributed by atoms with Crippen LogP contribution >= 0.6 is 0 Å². The number of aromatic amines is 1. The quantitative estimate of drug-likeness (QED) is 0.884. The van der Waals surface area contributed by atoms with Gasteiger partial charge in [0.1, 0.15) is 11.3 Å². The molecule has 1 N–H and O–H groups in total. The molecule has 20 heavy (non-hydrogen) atoms. The average Bonchev–Trinajstić information content (AvgIpc) is 2.80. The molecule has 0 fully saturated rings. The van der Waals surface area contributed by atoms with E-state index in [9.17, 15) is 8.42 Å². The van der Waals surface area contributed by atoms with Gasteiger partial charge < -0.3 is 4.98 Å². The van der Waals surface area contributed by atoms with E-state index < -0.39 is 9.84 Å². The van der Waals surface area contributed by atoms with Crippen LogP contribution in [0.15, 0.2) is 23.1 Å². The van der Waals surface area contributed by atoms with Gasteiger partial charge in [0.2, 0.25) is 0 Å². The maximum atomic E-state index is 11.8. The van der Waals surface area contributed by atoms with Gasteiger partial charge in [0.05, 0.1) is 10.4 Å². The third-order valence-electron chi connectivity index (χ3n) is 3.55. The van der Waals surface area contributed by atoms with E-state index in [0.717, 1.165) is 37.0 Å². The lowest BCUT2D eigenvalue weighted by molar-refractivity contribution is 0.539. The van der Waals surface area contributed by atoms with Crippen molar-refractivity contribution in [3.8, 4) is 0 Å². The van der Waals surface area contributed by atoms with E-state index in [1.54, 1.807) is 12.1 Å². The summed E-state index contributed by atoms with van der Waals surface area (Å²) >= 11 is 0. The molecule has 1 aromatic heterocycles. The van der Waals surface area contributed by atoms with Crippen molar-refractivity contribution in [3.05, 3.63) is 24.0 Å². The molecule has 0 aliphatic heterocycles. The molecule has 0 unspecified atom stereocenters. The summed E-state index contributed by atoms with van der Waals surface area (Å²) in [5.41, 5.74) is 1.38. The van der Waals surface area contributed by atoms with Crippen LogP contribution in [0.5, 0.6) is 0 Å². The van der Waals surface area contributed by atoms with Crippen molar-refractivity contribution >= 4 is 20.9 Å². The van der Waals surface area contributed by atoms with Crippen molar-refractivity contribution in [2.75, 3.05) is 6.26 Å². The van der Waals surface area contributed by atoms with Gasteiger partial charge in [-0.3, -0.25) is 0 Å². The maximum absolute atomic E-state index is 11.8. The predicted molar refractivity (Wildman–Crippen MR) is 81.8 cm³/mol. The monoisotopic (exact) mass is 294 g/mol. The van der Waals surface area contributed by atoms with Gasteiger partial charge >= 0.3 is 0 Å². The Kier molecular flexibility index (Phi) is 4.48. The largest absolute Gasteiger partial charge is 0.342 e. The zero-order chi connectivity index (χ0) is 14.8. The van der Waals surface area contributed by atoms with Gasteiger partial charge in [0.15, 0.2) is 9.84 Å². The molecule has 0 saturated carbocycles. The normalized spacial score (nSPS) is 12.4. The minimum atomic E-state index is -3.25. The minimum absolute atomic E-state index is 0.309. The number of rotatable bonds is 6. The Hall–Kier alpha value is -1.36. The van der Waals surface area contributed by atoms with Crippen molar-refractivity contribution in [2.45, 2.75) is 50.3 Å². The van der Waals surface area contributed by atoms with Crippen LogP contribution in [0.3, 0.4) is 0 Å². The van der Waals surface area contributed by atoms with Gasteiger partial charge in [-0.2, -0.15) is 0 Å². The first kappa shape index (κ1) is 15.0. The van der Waals surface area contributed by atoms with Crippen LogP contribution in [0.4, 0.5) is 0 Å². The highest BCUT2D eigenvalue weighted by Gasteiger charge is 2.18. The molecule has 0 aliphatic carbocycles. The number of hydrogen-bond donors (Lipinski definition) is 1. The Morgan fingerprint density at radius 2 is 1.85 bits per heavy atom. The molecule has 0 aliphatic rings. The van der Waals surface area contributed by atoms with Gasteiger partial charge in [-0.25, -0.2) is 13.4 Å². The third-order valence-corrected chi connectivity index (χ3v) is 4.68. The summed E-state index contributed by atoms with van der Waals surface area (Å²) in [4.78, 5) is 8.19. The standard InChI is InChI=1S/C15H22N2O2S/c1-4-7-11(8-5-2)15-16-12-9-6-10-13(14(12)17-15)20(3,18)19/h6,9-11H,4-5,7-8H2,1-3H3,(H,16,17). The molecular weight excluding hydrogens is 272 g/mol. The van der Waals surface area contributed by atoms with Gasteiger partial charge in [-0.05, 0) is 25.0 Å². The molecule has 2 rings (SSSR count). The molecule has 0 saturated heterocycles. The van der Waals surface area contributed by atoms with Crippen LogP contribution in [0.25, 0.3) is 11.0 Å². The van der Waals surface area contributed by atoms with Crippen molar-refractivity contribution < 1.29 is 8.42 Å². The summed E-state index contributed by atoms with van der Waals surface area (Å²) in [7, 11) is -3.25. The Labute approximate surface area is 120 Å². The molecule has 2 aromatic rings. The number of sulfone groups is 1. The molecular formula is C15H22N2O2S. The molecule has 0 amide bonds. The van der Waals surface area contributed by atoms with E-state index in [1.807, 2.05) is 6.07 Å². The van der Waals surface area contributed by atoms with Gasteiger partial charge in [-0.1, -0.05) is 32.8 Å². The fourth-order valence-corrected chi connectivity index (χ4v) is 3.46. The second kappa shape index (κ2) is 5.95. The first-order valence-corrected chi connectivity index (χ1v) is 9.05. The van der Waals surface area contributed by atoms with E-state index in [-0.39, 0.29) is 0 Å². The first-order valence-electron chi connectivity index (χ1n) is 7.16. The van der Waals surface area contributed by atoms with Crippen LogP contribution < -0.4 is 0 Å². The molecule has 1 heterocycles. The average molecular weight is 294 g/mol. The van der Waals surface area contributed by atoms with E-state index in [2.05, 4.69) is 23.8 Å².